The molecule has 2 rings (SSSR count). The Bertz CT molecular complexity index is 261. The molecule has 2 saturated carbocycles. The summed E-state index contributed by atoms with van der Waals surface area (Å²) in [6.07, 6.45) is 9.72. The molecule has 15 heavy (non-hydrogen) atoms. The first kappa shape index (κ1) is 11.2. The van der Waals surface area contributed by atoms with E-state index in [1.807, 2.05) is 0 Å². The van der Waals surface area contributed by atoms with Crippen LogP contribution in [0.4, 0.5) is 0 Å². The lowest BCUT2D eigenvalue weighted by molar-refractivity contribution is -0.0532. The molecule has 0 aliphatic heterocycles. The fourth-order valence-corrected chi connectivity index (χ4v) is 3.74. The number of allylic oxidation sites excluding steroid dienone is 1. The zero-order valence-corrected chi connectivity index (χ0v) is 10.7. The maximum atomic E-state index is 4.35. The Morgan fingerprint density at radius 3 is 2.40 bits per heavy atom. The van der Waals surface area contributed by atoms with Crippen LogP contribution in [-0.2, 0) is 0 Å². The van der Waals surface area contributed by atoms with Crippen LogP contribution < -0.4 is 0 Å². The molecule has 0 nitrogen and oxygen atoms in total. The van der Waals surface area contributed by atoms with Crippen molar-refractivity contribution in [2.45, 2.75) is 65.7 Å². The lowest BCUT2D eigenvalue weighted by Crippen LogP contribution is -2.49. The number of fused-ring (bicyclic) bond motifs is 1. The molecule has 0 aromatic heterocycles. The summed E-state index contributed by atoms with van der Waals surface area (Å²) in [5.74, 6) is 0.825. The molecule has 2 atom stereocenters. The van der Waals surface area contributed by atoms with E-state index >= 15 is 0 Å². The van der Waals surface area contributed by atoms with Crippen LogP contribution in [0.2, 0.25) is 0 Å². The van der Waals surface area contributed by atoms with Gasteiger partial charge in [0.15, 0.2) is 0 Å². The van der Waals surface area contributed by atoms with E-state index in [2.05, 4.69) is 27.4 Å². The van der Waals surface area contributed by atoms with Crippen LogP contribution in [0.15, 0.2) is 12.2 Å². The molecule has 2 aliphatic rings. The van der Waals surface area contributed by atoms with E-state index in [-0.39, 0.29) is 0 Å². The van der Waals surface area contributed by atoms with Crippen molar-refractivity contribution < 1.29 is 0 Å². The highest BCUT2D eigenvalue weighted by molar-refractivity contribution is 5.16. The second kappa shape index (κ2) is 3.64. The lowest BCUT2D eigenvalue weighted by Gasteiger charge is -2.57. The van der Waals surface area contributed by atoms with E-state index in [1.54, 1.807) is 5.57 Å². The standard InChI is InChI=1S/C15H26/c1-12-8-6-5-7-10-14(2,3)15(4)11-9-13(12)15/h13H,1,5-11H2,2-4H3. The SMILES string of the molecule is C=C1CCCCCC(C)(C)C2(C)CCC12. The summed E-state index contributed by atoms with van der Waals surface area (Å²) in [5, 5.41) is 0. The Kier molecular flexibility index (Phi) is 2.73. The maximum Gasteiger partial charge on any atom is -0.0147 e. The predicted molar refractivity (Wildman–Crippen MR) is 66.8 cm³/mol. The maximum absolute atomic E-state index is 4.35. The molecule has 2 aliphatic carbocycles. The molecular formula is C15H26. The summed E-state index contributed by atoms with van der Waals surface area (Å²) in [7, 11) is 0. The van der Waals surface area contributed by atoms with Crippen LogP contribution >= 0.6 is 0 Å². The highest BCUT2D eigenvalue weighted by Crippen LogP contribution is 2.62. The highest BCUT2D eigenvalue weighted by Gasteiger charge is 2.52. The largest absolute Gasteiger partial charge is 0.0996 e. The van der Waals surface area contributed by atoms with Gasteiger partial charge in [-0.25, -0.2) is 0 Å². The van der Waals surface area contributed by atoms with Crippen LogP contribution in [0.5, 0.6) is 0 Å². The first-order valence-electron chi connectivity index (χ1n) is 6.65. The minimum absolute atomic E-state index is 0.517. The van der Waals surface area contributed by atoms with Gasteiger partial charge in [0.25, 0.3) is 0 Å². The second-order valence-electron chi connectivity index (χ2n) is 6.61. The van der Waals surface area contributed by atoms with Crippen molar-refractivity contribution in [1.82, 2.24) is 0 Å². The van der Waals surface area contributed by atoms with E-state index in [9.17, 15) is 0 Å². The topological polar surface area (TPSA) is 0 Å². The zero-order chi connectivity index (χ0) is 11.1. The van der Waals surface area contributed by atoms with Gasteiger partial charge in [0.2, 0.25) is 0 Å². The molecule has 0 N–H and O–H groups in total. The predicted octanol–water partition coefficient (Wildman–Crippen LogP) is 4.95. The molecule has 0 spiro atoms. The van der Waals surface area contributed by atoms with Gasteiger partial charge in [-0.1, -0.05) is 45.8 Å². The third kappa shape index (κ3) is 1.66. The normalized spacial score (nSPS) is 40.7. The van der Waals surface area contributed by atoms with E-state index in [1.165, 1.54) is 44.9 Å². The quantitative estimate of drug-likeness (QED) is 0.492. The number of rotatable bonds is 0. The third-order valence-corrected chi connectivity index (χ3v) is 5.56. The van der Waals surface area contributed by atoms with Crippen molar-refractivity contribution in [2.24, 2.45) is 16.7 Å². The smallest absolute Gasteiger partial charge is 0.0147 e. The first-order chi connectivity index (χ1) is 6.97. The van der Waals surface area contributed by atoms with Gasteiger partial charge in [-0.2, -0.15) is 0 Å². The molecule has 0 heterocycles. The summed E-state index contributed by atoms with van der Waals surface area (Å²) in [6.45, 7) is 11.8. The first-order valence-corrected chi connectivity index (χ1v) is 6.65. The van der Waals surface area contributed by atoms with Gasteiger partial charge in [0.1, 0.15) is 0 Å². The lowest BCUT2D eigenvalue weighted by atomic mass is 9.47. The van der Waals surface area contributed by atoms with Crippen LogP contribution in [0.25, 0.3) is 0 Å². The average molecular weight is 206 g/mol. The fraction of sp³-hybridized carbons (Fsp3) is 0.867. The molecule has 86 valence electrons. The minimum Gasteiger partial charge on any atom is -0.0996 e. The Morgan fingerprint density at radius 2 is 1.80 bits per heavy atom. The van der Waals surface area contributed by atoms with E-state index in [4.69, 9.17) is 0 Å². The molecule has 0 aromatic rings. The summed E-state index contributed by atoms with van der Waals surface area (Å²) in [5.41, 5.74) is 2.62. The van der Waals surface area contributed by atoms with Gasteiger partial charge in [-0.15, -0.1) is 0 Å². The van der Waals surface area contributed by atoms with Gasteiger partial charge in [-0.3, -0.25) is 0 Å². The molecule has 2 fully saturated rings. The molecule has 0 radical (unpaired) electrons. The third-order valence-electron chi connectivity index (χ3n) is 5.56. The molecular weight excluding hydrogens is 180 g/mol. The summed E-state index contributed by atoms with van der Waals surface area (Å²) < 4.78 is 0. The molecule has 2 unspecified atom stereocenters. The van der Waals surface area contributed by atoms with Gasteiger partial charge < -0.3 is 0 Å². The van der Waals surface area contributed by atoms with E-state index in [0.29, 0.717) is 10.8 Å². The van der Waals surface area contributed by atoms with Gasteiger partial charge in [-0.05, 0) is 48.9 Å². The van der Waals surface area contributed by atoms with Crippen molar-refractivity contribution >= 4 is 0 Å². The number of hydrogen-bond donors (Lipinski definition) is 0. The summed E-state index contributed by atoms with van der Waals surface area (Å²) >= 11 is 0. The highest BCUT2D eigenvalue weighted by atomic mass is 14.6. The van der Waals surface area contributed by atoms with Crippen molar-refractivity contribution in [2.75, 3.05) is 0 Å². The molecule has 0 heteroatoms. The van der Waals surface area contributed by atoms with Gasteiger partial charge >= 0.3 is 0 Å². The van der Waals surface area contributed by atoms with Crippen LogP contribution in [-0.4, -0.2) is 0 Å². The molecule has 0 bridgehead atoms. The van der Waals surface area contributed by atoms with Crippen LogP contribution in [0.1, 0.15) is 65.7 Å². The molecule has 0 amide bonds. The number of hydrogen-bond acceptors (Lipinski definition) is 0. The van der Waals surface area contributed by atoms with E-state index in [0.717, 1.165) is 5.92 Å². The Morgan fingerprint density at radius 1 is 1.07 bits per heavy atom. The average Bonchev–Trinajstić information content (AvgIpc) is 2.14. The second-order valence-corrected chi connectivity index (χ2v) is 6.61. The zero-order valence-electron chi connectivity index (χ0n) is 10.7. The van der Waals surface area contributed by atoms with Crippen molar-refractivity contribution in [3.05, 3.63) is 12.2 Å². The van der Waals surface area contributed by atoms with E-state index < -0.39 is 0 Å². The van der Waals surface area contributed by atoms with Crippen molar-refractivity contribution in [3.8, 4) is 0 Å². The fourth-order valence-electron chi connectivity index (χ4n) is 3.74. The minimum atomic E-state index is 0.517. The molecule has 0 aromatic carbocycles. The van der Waals surface area contributed by atoms with Gasteiger partial charge in [0.05, 0.1) is 0 Å². The van der Waals surface area contributed by atoms with Crippen LogP contribution in [0, 0.1) is 16.7 Å². The van der Waals surface area contributed by atoms with Crippen molar-refractivity contribution in [3.63, 3.8) is 0 Å². The van der Waals surface area contributed by atoms with Gasteiger partial charge in [0, 0.05) is 0 Å². The van der Waals surface area contributed by atoms with Crippen LogP contribution in [0.3, 0.4) is 0 Å². The molecule has 0 saturated heterocycles. The Hall–Kier alpha value is -0.260. The Labute approximate surface area is 95.1 Å². The summed E-state index contributed by atoms with van der Waals surface area (Å²) in [6, 6.07) is 0. The summed E-state index contributed by atoms with van der Waals surface area (Å²) in [4.78, 5) is 0. The van der Waals surface area contributed by atoms with Crippen molar-refractivity contribution in [1.29, 1.82) is 0 Å². The Balaban J connectivity index is 2.24. The monoisotopic (exact) mass is 206 g/mol.